The number of carbonyl (C=O) groups excluding carboxylic acids is 1. The van der Waals surface area contributed by atoms with Crippen molar-refractivity contribution in [2.24, 2.45) is 11.8 Å². The molecular formula is C12H11ClF3NO. The summed E-state index contributed by atoms with van der Waals surface area (Å²) in [6, 6.07) is 1.90. The van der Waals surface area contributed by atoms with Crippen molar-refractivity contribution in [1.29, 1.82) is 0 Å². The monoisotopic (exact) mass is 277 g/mol. The molecule has 2 rings (SSSR count). The normalized spacial score (nSPS) is 17.6. The van der Waals surface area contributed by atoms with Crippen molar-refractivity contribution in [2.75, 3.05) is 0 Å². The van der Waals surface area contributed by atoms with Crippen molar-refractivity contribution in [1.82, 2.24) is 4.98 Å². The average Bonchev–Trinajstić information content (AvgIpc) is 3.09. The highest BCUT2D eigenvalue weighted by Crippen LogP contribution is 2.39. The molecule has 0 bridgehead atoms. The van der Waals surface area contributed by atoms with Gasteiger partial charge in [-0.15, -0.1) is 0 Å². The molecule has 0 amide bonds. The molecule has 1 unspecified atom stereocenters. The van der Waals surface area contributed by atoms with E-state index in [1.165, 1.54) is 0 Å². The van der Waals surface area contributed by atoms with Crippen LogP contribution in [0.2, 0.25) is 5.15 Å². The van der Waals surface area contributed by atoms with Crippen LogP contribution in [0.25, 0.3) is 0 Å². The SMILES string of the molecule is CC(C(=O)c1ccc(C(F)(F)F)nc1Cl)C1CC1. The van der Waals surface area contributed by atoms with Crippen LogP contribution in [0.1, 0.15) is 35.8 Å². The summed E-state index contributed by atoms with van der Waals surface area (Å²) in [6.07, 6.45) is -2.58. The summed E-state index contributed by atoms with van der Waals surface area (Å²) in [4.78, 5) is 15.2. The molecule has 1 aliphatic rings. The Morgan fingerprint density at radius 1 is 1.44 bits per heavy atom. The average molecular weight is 278 g/mol. The molecule has 0 spiro atoms. The van der Waals surface area contributed by atoms with Crippen LogP contribution < -0.4 is 0 Å². The summed E-state index contributed by atoms with van der Waals surface area (Å²) in [5.41, 5.74) is -1.01. The highest BCUT2D eigenvalue weighted by molar-refractivity contribution is 6.32. The fourth-order valence-electron chi connectivity index (χ4n) is 1.83. The second-order valence-corrected chi connectivity index (χ2v) is 4.88. The number of carbonyl (C=O) groups is 1. The lowest BCUT2D eigenvalue weighted by Crippen LogP contribution is -2.16. The molecule has 0 N–H and O–H groups in total. The Morgan fingerprint density at radius 2 is 2.06 bits per heavy atom. The number of aromatic nitrogens is 1. The minimum atomic E-state index is -4.55. The van der Waals surface area contributed by atoms with Gasteiger partial charge in [0, 0.05) is 5.92 Å². The van der Waals surface area contributed by atoms with Crippen molar-refractivity contribution < 1.29 is 18.0 Å². The molecule has 0 aromatic carbocycles. The number of halogens is 4. The van der Waals surface area contributed by atoms with Gasteiger partial charge in [0.05, 0.1) is 5.56 Å². The summed E-state index contributed by atoms with van der Waals surface area (Å²) in [5.74, 6) is -0.111. The first kappa shape index (κ1) is 13.3. The first-order valence-corrected chi connectivity index (χ1v) is 5.96. The molecule has 6 heteroatoms. The fraction of sp³-hybridized carbons (Fsp3) is 0.500. The standard InChI is InChI=1S/C12H11ClF3NO/c1-6(7-2-3-7)10(18)8-4-5-9(12(14,15)16)17-11(8)13/h4-7H,2-3H2,1H3. The van der Waals surface area contributed by atoms with E-state index in [9.17, 15) is 18.0 Å². The van der Waals surface area contributed by atoms with Crippen LogP contribution in [0.5, 0.6) is 0 Å². The first-order chi connectivity index (χ1) is 8.30. The van der Waals surface area contributed by atoms with Gasteiger partial charge in [-0.05, 0) is 30.9 Å². The molecular weight excluding hydrogens is 267 g/mol. The van der Waals surface area contributed by atoms with Gasteiger partial charge in [-0.2, -0.15) is 13.2 Å². The van der Waals surface area contributed by atoms with E-state index in [0.29, 0.717) is 5.92 Å². The van der Waals surface area contributed by atoms with Crippen LogP contribution >= 0.6 is 11.6 Å². The van der Waals surface area contributed by atoms with E-state index in [0.717, 1.165) is 25.0 Å². The van der Waals surface area contributed by atoms with Crippen LogP contribution in [-0.2, 0) is 6.18 Å². The molecule has 1 aromatic heterocycles. The molecule has 1 saturated carbocycles. The Kier molecular flexibility index (Phi) is 3.36. The minimum Gasteiger partial charge on any atom is -0.294 e. The lowest BCUT2D eigenvalue weighted by Gasteiger charge is -2.11. The van der Waals surface area contributed by atoms with Crippen molar-refractivity contribution in [3.8, 4) is 0 Å². The lowest BCUT2D eigenvalue weighted by atomic mass is 9.96. The third-order valence-electron chi connectivity index (χ3n) is 3.15. The van der Waals surface area contributed by atoms with E-state index in [4.69, 9.17) is 11.6 Å². The van der Waals surface area contributed by atoms with E-state index in [1.54, 1.807) is 6.92 Å². The fourth-order valence-corrected chi connectivity index (χ4v) is 2.08. The second-order valence-electron chi connectivity index (χ2n) is 4.52. The maximum atomic E-state index is 12.4. The number of hydrogen-bond acceptors (Lipinski definition) is 2. The van der Waals surface area contributed by atoms with Gasteiger partial charge in [-0.3, -0.25) is 4.79 Å². The zero-order chi connectivity index (χ0) is 13.5. The zero-order valence-electron chi connectivity index (χ0n) is 9.59. The van der Waals surface area contributed by atoms with Crippen LogP contribution in [0.15, 0.2) is 12.1 Å². The maximum Gasteiger partial charge on any atom is 0.433 e. The second kappa shape index (κ2) is 4.53. The Bertz CT molecular complexity index is 483. The smallest absolute Gasteiger partial charge is 0.294 e. The highest BCUT2D eigenvalue weighted by Gasteiger charge is 2.36. The van der Waals surface area contributed by atoms with E-state index < -0.39 is 11.9 Å². The molecule has 1 atom stereocenters. The molecule has 0 radical (unpaired) electrons. The topological polar surface area (TPSA) is 30.0 Å². The first-order valence-electron chi connectivity index (χ1n) is 5.58. The van der Waals surface area contributed by atoms with E-state index in [-0.39, 0.29) is 22.4 Å². The highest BCUT2D eigenvalue weighted by atomic mass is 35.5. The molecule has 18 heavy (non-hydrogen) atoms. The van der Waals surface area contributed by atoms with Gasteiger partial charge in [0.1, 0.15) is 10.8 Å². The summed E-state index contributed by atoms with van der Waals surface area (Å²) >= 11 is 5.67. The Morgan fingerprint density at radius 3 is 2.50 bits per heavy atom. The van der Waals surface area contributed by atoms with Crippen molar-refractivity contribution in [3.63, 3.8) is 0 Å². The van der Waals surface area contributed by atoms with Crippen LogP contribution in [-0.4, -0.2) is 10.8 Å². The van der Waals surface area contributed by atoms with Gasteiger partial charge in [0.15, 0.2) is 5.78 Å². The molecule has 98 valence electrons. The third-order valence-corrected chi connectivity index (χ3v) is 3.44. The van der Waals surface area contributed by atoms with E-state index in [2.05, 4.69) is 4.98 Å². The Labute approximate surface area is 107 Å². The third kappa shape index (κ3) is 2.66. The molecule has 1 aromatic rings. The molecule has 0 saturated heterocycles. The number of alkyl halides is 3. The number of ketones is 1. The van der Waals surface area contributed by atoms with Gasteiger partial charge in [-0.25, -0.2) is 4.98 Å². The summed E-state index contributed by atoms with van der Waals surface area (Å²) in [6.45, 7) is 1.77. The number of nitrogens with zero attached hydrogens (tertiary/aromatic N) is 1. The van der Waals surface area contributed by atoms with Gasteiger partial charge in [0.2, 0.25) is 0 Å². The number of hydrogen-bond donors (Lipinski definition) is 0. The quantitative estimate of drug-likeness (QED) is 0.618. The zero-order valence-corrected chi connectivity index (χ0v) is 10.3. The van der Waals surface area contributed by atoms with E-state index >= 15 is 0 Å². The molecule has 1 aliphatic carbocycles. The summed E-state index contributed by atoms with van der Waals surface area (Å²) in [7, 11) is 0. The van der Waals surface area contributed by atoms with Gasteiger partial charge < -0.3 is 0 Å². The largest absolute Gasteiger partial charge is 0.433 e. The predicted molar refractivity (Wildman–Crippen MR) is 60.5 cm³/mol. The van der Waals surface area contributed by atoms with Crippen molar-refractivity contribution >= 4 is 17.4 Å². The Balaban J connectivity index is 2.27. The van der Waals surface area contributed by atoms with Gasteiger partial charge in [0.25, 0.3) is 0 Å². The summed E-state index contributed by atoms with van der Waals surface area (Å²) < 4.78 is 37.2. The van der Waals surface area contributed by atoms with Crippen LogP contribution in [0.3, 0.4) is 0 Å². The number of Topliss-reactive ketones (excluding diaryl/α,β-unsaturated/α-hetero) is 1. The lowest BCUT2D eigenvalue weighted by molar-refractivity contribution is -0.141. The minimum absolute atomic E-state index is 0.0732. The molecule has 1 heterocycles. The van der Waals surface area contributed by atoms with Gasteiger partial charge in [-0.1, -0.05) is 18.5 Å². The maximum absolute atomic E-state index is 12.4. The summed E-state index contributed by atoms with van der Waals surface area (Å²) in [5, 5.41) is -0.373. The Hall–Kier alpha value is -1.10. The predicted octanol–water partition coefficient (Wildman–Crippen LogP) is 3.98. The molecule has 1 fully saturated rings. The van der Waals surface area contributed by atoms with Crippen molar-refractivity contribution in [3.05, 3.63) is 28.5 Å². The van der Waals surface area contributed by atoms with E-state index in [1.807, 2.05) is 0 Å². The molecule has 2 nitrogen and oxygen atoms in total. The van der Waals surface area contributed by atoms with Crippen LogP contribution in [0.4, 0.5) is 13.2 Å². The number of pyridine rings is 1. The van der Waals surface area contributed by atoms with Crippen LogP contribution in [0, 0.1) is 11.8 Å². The van der Waals surface area contributed by atoms with Gasteiger partial charge >= 0.3 is 6.18 Å². The molecule has 0 aliphatic heterocycles. The number of rotatable bonds is 3. The van der Waals surface area contributed by atoms with Crippen molar-refractivity contribution in [2.45, 2.75) is 25.9 Å².